The quantitative estimate of drug-likeness (QED) is 0.536. The van der Waals surface area contributed by atoms with Gasteiger partial charge in [0.1, 0.15) is 11.6 Å². The van der Waals surface area contributed by atoms with Gasteiger partial charge in [-0.25, -0.2) is 4.79 Å². The molecule has 11 heteroatoms. The van der Waals surface area contributed by atoms with Gasteiger partial charge >= 0.3 is 6.09 Å². The standard InChI is InChI=1S/C26H25N5O6/c1-33-18-12-16(13-19(34-2)23(18)36-26(32)31-8-10-35-11-9-31)20-17(14-27)24(28)37-25-21(20)22(29-30-25)15-6-4-3-5-7-15/h3-7,12-13,20H,8-11,28H2,1-2H3,(H,29,30)/t20-/m0/s1. The number of H-pyrrole nitrogens is 1. The number of hydrogen-bond acceptors (Lipinski definition) is 9. The molecule has 1 fully saturated rings. The second-order valence-corrected chi connectivity index (χ2v) is 8.33. The van der Waals surface area contributed by atoms with Crippen LogP contribution in [0.15, 0.2) is 53.9 Å². The Morgan fingerprint density at radius 1 is 1.16 bits per heavy atom. The predicted octanol–water partition coefficient (Wildman–Crippen LogP) is 3.14. The minimum Gasteiger partial charge on any atom is -0.493 e. The van der Waals surface area contributed by atoms with Crippen LogP contribution in [0.4, 0.5) is 4.79 Å². The first kappa shape index (κ1) is 24.0. The van der Waals surface area contributed by atoms with Crippen LogP contribution in [0.25, 0.3) is 11.3 Å². The summed E-state index contributed by atoms with van der Waals surface area (Å²) >= 11 is 0. The number of ether oxygens (including phenoxy) is 5. The minimum absolute atomic E-state index is 0.0492. The maximum Gasteiger partial charge on any atom is 0.415 e. The molecule has 1 amide bonds. The summed E-state index contributed by atoms with van der Waals surface area (Å²) in [6, 6.07) is 15.1. The second kappa shape index (κ2) is 10.1. The lowest BCUT2D eigenvalue weighted by Gasteiger charge is -2.27. The van der Waals surface area contributed by atoms with Gasteiger partial charge < -0.3 is 34.3 Å². The first-order valence-corrected chi connectivity index (χ1v) is 11.6. The van der Waals surface area contributed by atoms with Crippen LogP contribution in [-0.4, -0.2) is 61.7 Å². The van der Waals surface area contributed by atoms with Crippen LogP contribution in [0, 0.1) is 11.3 Å². The number of nitriles is 1. The molecular formula is C26H25N5O6. The first-order valence-electron chi connectivity index (χ1n) is 11.6. The van der Waals surface area contributed by atoms with Crippen molar-refractivity contribution in [2.75, 3.05) is 40.5 Å². The minimum atomic E-state index is -0.658. The fourth-order valence-corrected chi connectivity index (χ4v) is 4.47. The molecule has 1 saturated heterocycles. The number of carbonyl (C=O) groups excluding carboxylic acids is 1. The number of aromatic amines is 1. The number of nitrogens with one attached hydrogen (secondary N) is 1. The molecule has 5 rings (SSSR count). The number of hydrogen-bond donors (Lipinski definition) is 2. The molecule has 2 aliphatic heterocycles. The van der Waals surface area contributed by atoms with Crippen molar-refractivity contribution >= 4 is 6.09 Å². The Labute approximate surface area is 212 Å². The van der Waals surface area contributed by atoms with Crippen molar-refractivity contribution in [3.8, 4) is 40.5 Å². The Morgan fingerprint density at radius 2 is 1.84 bits per heavy atom. The average Bonchev–Trinajstić information content (AvgIpc) is 3.36. The first-order chi connectivity index (χ1) is 18.0. The summed E-state index contributed by atoms with van der Waals surface area (Å²) in [5, 5.41) is 17.4. The summed E-state index contributed by atoms with van der Waals surface area (Å²) in [5.41, 5.74) is 9.13. The van der Waals surface area contributed by atoms with E-state index in [1.54, 1.807) is 17.0 Å². The molecule has 3 heterocycles. The van der Waals surface area contributed by atoms with Gasteiger partial charge in [-0.05, 0) is 23.3 Å². The van der Waals surface area contributed by atoms with Crippen LogP contribution in [-0.2, 0) is 4.74 Å². The third-order valence-electron chi connectivity index (χ3n) is 6.28. The van der Waals surface area contributed by atoms with Gasteiger partial charge in [0.15, 0.2) is 11.5 Å². The van der Waals surface area contributed by atoms with E-state index in [4.69, 9.17) is 29.4 Å². The Hall–Kier alpha value is -4.69. The summed E-state index contributed by atoms with van der Waals surface area (Å²) in [6.07, 6.45) is -0.538. The molecular weight excluding hydrogens is 478 g/mol. The SMILES string of the molecule is COc1cc([C@H]2C(C#N)=C(N)Oc3n[nH]c(-c4ccccc4)c32)cc(OC)c1OC(=O)N1CCOCC1. The molecule has 1 aromatic heterocycles. The number of morpholine rings is 1. The van der Waals surface area contributed by atoms with Crippen LogP contribution >= 0.6 is 0 Å². The average molecular weight is 504 g/mol. The molecule has 0 unspecified atom stereocenters. The number of aromatic nitrogens is 2. The summed E-state index contributed by atoms with van der Waals surface area (Å²) < 4.78 is 27.9. The zero-order valence-corrected chi connectivity index (χ0v) is 20.3. The van der Waals surface area contributed by atoms with Crippen molar-refractivity contribution in [2.45, 2.75) is 5.92 Å². The molecule has 1 atom stereocenters. The molecule has 0 aliphatic carbocycles. The lowest BCUT2D eigenvalue weighted by molar-refractivity contribution is 0.0411. The van der Waals surface area contributed by atoms with E-state index in [0.717, 1.165) is 5.56 Å². The Morgan fingerprint density at radius 3 is 2.46 bits per heavy atom. The van der Waals surface area contributed by atoms with Crippen molar-refractivity contribution < 1.29 is 28.5 Å². The van der Waals surface area contributed by atoms with Gasteiger partial charge in [0.05, 0.1) is 44.6 Å². The van der Waals surface area contributed by atoms with E-state index in [-0.39, 0.29) is 34.6 Å². The fraction of sp³-hybridized carbons (Fsp3) is 0.269. The van der Waals surface area contributed by atoms with Crippen molar-refractivity contribution in [1.29, 1.82) is 5.26 Å². The number of methoxy groups -OCH3 is 2. The number of amides is 1. The summed E-state index contributed by atoms with van der Waals surface area (Å²) in [5.74, 6) is 0.195. The lowest BCUT2D eigenvalue weighted by atomic mass is 9.82. The number of nitrogens with zero attached hydrogens (tertiary/aromatic N) is 3. The third kappa shape index (κ3) is 4.39. The molecule has 190 valence electrons. The van der Waals surface area contributed by atoms with E-state index in [0.29, 0.717) is 43.1 Å². The highest BCUT2D eigenvalue weighted by Crippen LogP contribution is 2.49. The highest BCUT2D eigenvalue weighted by atomic mass is 16.6. The van der Waals surface area contributed by atoms with Crippen molar-refractivity contribution in [2.24, 2.45) is 5.73 Å². The molecule has 2 aliphatic rings. The number of rotatable bonds is 5. The normalized spacial score (nSPS) is 16.9. The largest absolute Gasteiger partial charge is 0.493 e. The van der Waals surface area contributed by atoms with Gasteiger partial charge in [-0.3, -0.25) is 5.10 Å². The van der Waals surface area contributed by atoms with Crippen LogP contribution in [0.5, 0.6) is 23.1 Å². The highest BCUT2D eigenvalue weighted by Gasteiger charge is 2.37. The van der Waals surface area contributed by atoms with Crippen molar-refractivity contribution in [3.05, 3.63) is 65.0 Å². The summed E-state index contributed by atoms with van der Waals surface area (Å²) in [7, 11) is 2.92. The van der Waals surface area contributed by atoms with Crippen LogP contribution in [0.3, 0.4) is 0 Å². The van der Waals surface area contributed by atoms with Crippen LogP contribution < -0.4 is 24.7 Å². The Kier molecular flexibility index (Phi) is 6.57. The van der Waals surface area contributed by atoms with E-state index in [1.165, 1.54) is 14.2 Å². The molecule has 3 N–H and O–H groups in total. The second-order valence-electron chi connectivity index (χ2n) is 8.33. The Balaban J connectivity index is 1.61. The van der Waals surface area contributed by atoms with Gasteiger partial charge in [-0.2, -0.15) is 5.26 Å². The third-order valence-corrected chi connectivity index (χ3v) is 6.28. The lowest BCUT2D eigenvalue weighted by Crippen LogP contribution is -2.42. The zero-order valence-electron chi connectivity index (χ0n) is 20.3. The molecule has 2 aromatic carbocycles. The summed E-state index contributed by atoms with van der Waals surface area (Å²) in [4.78, 5) is 14.4. The van der Waals surface area contributed by atoms with E-state index in [1.807, 2.05) is 30.3 Å². The number of allylic oxidation sites excluding steroid dienone is 1. The van der Waals surface area contributed by atoms with Gasteiger partial charge in [-0.15, -0.1) is 5.10 Å². The maximum atomic E-state index is 12.8. The topological polar surface area (TPSA) is 145 Å². The number of nitrogens with two attached hydrogens (primary N) is 1. The van der Waals surface area contributed by atoms with Crippen LogP contribution in [0.2, 0.25) is 0 Å². The van der Waals surface area contributed by atoms with Gasteiger partial charge in [0, 0.05) is 13.1 Å². The van der Waals surface area contributed by atoms with E-state index in [9.17, 15) is 10.1 Å². The molecule has 0 spiro atoms. The summed E-state index contributed by atoms with van der Waals surface area (Å²) in [6.45, 7) is 1.72. The molecule has 3 aromatic rings. The van der Waals surface area contributed by atoms with E-state index >= 15 is 0 Å². The van der Waals surface area contributed by atoms with Gasteiger partial charge in [0.25, 0.3) is 0 Å². The predicted molar refractivity (Wildman–Crippen MR) is 131 cm³/mol. The number of fused-ring (bicyclic) bond motifs is 1. The maximum absolute atomic E-state index is 12.8. The molecule has 11 nitrogen and oxygen atoms in total. The molecule has 0 radical (unpaired) electrons. The van der Waals surface area contributed by atoms with E-state index in [2.05, 4.69) is 16.3 Å². The highest BCUT2D eigenvalue weighted by molar-refractivity contribution is 5.75. The van der Waals surface area contributed by atoms with Crippen molar-refractivity contribution in [1.82, 2.24) is 15.1 Å². The molecule has 37 heavy (non-hydrogen) atoms. The Bertz CT molecular complexity index is 1360. The van der Waals surface area contributed by atoms with E-state index < -0.39 is 12.0 Å². The van der Waals surface area contributed by atoms with Crippen molar-refractivity contribution in [3.63, 3.8) is 0 Å². The molecule has 0 bridgehead atoms. The number of benzene rings is 2. The van der Waals surface area contributed by atoms with Gasteiger partial charge in [-0.1, -0.05) is 30.3 Å². The smallest absolute Gasteiger partial charge is 0.415 e. The monoisotopic (exact) mass is 503 g/mol. The van der Waals surface area contributed by atoms with Gasteiger partial charge in [0.2, 0.25) is 17.5 Å². The fourth-order valence-electron chi connectivity index (χ4n) is 4.47. The van der Waals surface area contributed by atoms with Crippen LogP contribution in [0.1, 0.15) is 17.0 Å². The molecule has 0 saturated carbocycles. The number of carbonyl (C=O) groups is 1. The zero-order chi connectivity index (χ0) is 25.9.